The van der Waals surface area contributed by atoms with Crippen molar-refractivity contribution in [2.24, 2.45) is 0 Å². The molecule has 118 valence electrons. The fourth-order valence-corrected chi connectivity index (χ4v) is 2.82. The lowest BCUT2D eigenvalue weighted by atomic mass is 10.1. The van der Waals surface area contributed by atoms with Crippen molar-refractivity contribution in [1.29, 1.82) is 0 Å². The van der Waals surface area contributed by atoms with Crippen molar-refractivity contribution in [3.05, 3.63) is 28.2 Å². The lowest BCUT2D eigenvalue weighted by Gasteiger charge is -2.29. The summed E-state index contributed by atoms with van der Waals surface area (Å²) in [6, 6.07) is 7.29. The third kappa shape index (κ3) is 5.28. The standard InChI is InChI=1S/C17H27BrN2O/c1-17(2,3)19-12-13-11-14(18)5-8-16(13)20(9-10-21-4)15-6-7-15/h5,8,11,15,19H,6-7,9-10,12H2,1-4H3. The number of hydrogen-bond acceptors (Lipinski definition) is 3. The molecule has 0 aliphatic heterocycles. The molecule has 1 aromatic rings. The molecule has 21 heavy (non-hydrogen) atoms. The van der Waals surface area contributed by atoms with E-state index in [2.05, 4.69) is 65.1 Å². The van der Waals surface area contributed by atoms with Crippen LogP contribution in [0.1, 0.15) is 39.2 Å². The molecule has 4 heteroatoms. The number of nitrogens with one attached hydrogen (secondary N) is 1. The minimum absolute atomic E-state index is 0.122. The van der Waals surface area contributed by atoms with Crippen LogP contribution in [0.25, 0.3) is 0 Å². The van der Waals surface area contributed by atoms with Gasteiger partial charge in [0.2, 0.25) is 0 Å². The van der Waals surface area contributed by atoms with Gasteiger partial charge < -0.3 is 15.0 Å². The molecule has 0 aromatic heterocycles. The monoisotopic (exact) mass is 354 g/mol. The number of rotatable bonds is 7. The van der Waals surface area contributed by atoms with Crippen LogP contribution in [-0.2, 0) is 11.3 Å². The molecule has 0 spiro atoms. The van der Waals surface area contributed by atoms with Crippen LogP contribution in [0, 0.1) is 0 Å². The van der Waals surface area contributed by atoms with Crippen LogP contribution in [0.4, 0.5) is 5.69 Å². The maximum Gasteiger partial charge on any atom is 0.0637 e. The highest BCUT2D eigenvalue weighted by Gasteiger charge is 2.30. The summed E-state index contributed by atoms with van der Waals surface area (Å²) in [6.07, 6.45) is 2.60. The van der Waals surface area contributed by atoms with Gasteiger partial charge in [0.1, 0.15) is 0 Å². The molecule has 0 saturated heterocycles. The van der Waals surface area contributed by atoms with Crippen LogP contribution >= 0.6 is 15.9 Å². The molecule has 0 atom stereocenters. The first kappa shape index (κ1) is 16.8. The molecular weight excluding hydrogens is 328 g/mol. The van der Waals surface area contributed by atoms with Crippen LogP contribution in [0.2, 0.25) is 0 Å². The third-order valence-corrected chi connectivity index (χ3v) is 4.18. The Balaban J connectivity index is 2.19. The minimum atomic E-state index is 0.122. The summed E-state index contributed by atoms with van der Waals surface area (Å²) >= 11 is 3.60. The first-order valence-corrected chi connectivity index (χ1v) is 8.49. The second-order valence-electron chi connectivity index (χ2n) is 6.79. The summed E-state index contributed by atoms with van der Waals surface area (Å²) in [7, 11) is 1.77. The van der Waals surface area contributed by atoms with Crippen molar-refractivity contribution in [3.63, 3.8) is 0 Å². The zero-order valence-electron chi connectivity index (χ0n) is 13.6. The molecule has 1 fully saturated rings. The topological polar surface area (TPSA) is 24.5 Å². The highest BCUT2D eigenvalue weighted by atomic mass is 79.9. The van der Waals surface area contributed by atoms with E-state index in [1.807, 2.05) is 0 Å². The molecule has 0 unspecified atom stereocenters. The summed E-state index contributed by atoms with van der Waals surface area (Å²) in [5.41, 5.74) is 2.81. The quantitative estimate of drug-likeness (QED) is 0.802. The van der Waals surface area contributed by atoms with Gasteiger partial charge in [-0.25, -0.2) is 0 Å². The van der Waals surface area contributed by atoms with Crippen LogP contribution in [0.5, 0.6) is 0 Å². The predicted molar refractivity (Wildman–Crippen MR) is 93.0 cm³/mol. The van der Waals surface area contributed by atoms with Gasteiger partial charge in [0.15, 0.2) is 0 Å². The largest absolute Gasteiger partial charge is 0.383 e. The Morgan fingerprint density at radius 1 is 1.33 bits per heavy atom. The molecule has 0 bridgehead atoms. The molecule has 1 aromatic carbocycles. The van der Waals surface area contributed by atoms with Gasteiger partial charge in [0.05, 0.1) is 6.61 Å². The van der Waals surface area contributed by atoms with Crippen molar-refractivity contribution >= 4 is 21.6 Å². The van der Waals surface area contributed by atoms with Gasteiger partial charge in [-0.3, -0.25) is 0 Å². The number of anilines is 1. The number of ether oxygens (including phenoxy) is 1. The zero-order valence-corrected chi connectivity index (χ0v) is 15.2. The Labute approximate surface area is 137 Å². The summed E-state index contributed by atoms with van der Waals surface area (Å²) < 4.78 is 6.42. The fraction of sp³-hybridized carbons (Fsp3) is 0.647. The Bertz CT molecular complexity index is 466. The van der Waals surface area contributed by atoms with E-state index >= 15 is 0 Å². The van der Waals surface area contributed by atoms with E-state index in [1.54, 1.807) is 7.11 Å². The number of halogens is 1. The van der Waals surface area contributed by atoms with E-state index in [1.165, 1.54) is 24.1 Å². The normalized spacial score (nSPS) is 15.3. The van der Waals surface area contributed by atoms with E-state index in [0.29, 0.717) is 6.04 Å². The van der Waals surface area contributed by atoms with E-state index < -0.39 is 0 Å². The smallest absolute Gasteiger partial charge is 0.0637 e. The Morgan fingerprint density at radius 3 is 2.62 bits per heavy atom. The molecule has 0 heterocycles. The lowest BCUT2D eigenvalue weighted by molar-refractivity contribution is 0.205. The molecular formula is C17H27BrN2O. The van der Waals surface area contributed by atoms with Gasteiger partial charge >= 0.3 is 0 Å². The number of nitrogens with zero attached hydrogens (tertiary/aromatic N) is 1. The van der Waals surface area contributed by atoms with Gasteiger partial charge in [-0.05, 0) is 57.4 Å². The Kier molecular flexibility index (Phi) is 5.69. The van der Waals surface area contributed by atoms with Crippen molar-refractivity contribution in [2.75, 3.05) is 25.2 Å². The highest BCUT2D eigenvalue weighted by molar-refractivity contribution is 9.10. The molecule has 1 aliphatic rings. The number of hydrogen-bond donors (Lipinski definition) is 1. The van der Waals surface area contributed by atoms with Crippen LogP contribution < -0.4 is 10.2 Å². The summed E-state index contributed by atoms with van der Waals surface area (Å²) in [4.78, 5) is 2.51. The maximum atomic E-state index is 5.28. The first-order chi connectivity index (χ1) is 9.90. The first-order valence-electron chi connectivity index (χ1n) is 7.70. The van der Waals surface area contributed by atoms with Crippen molar-refractivity contribution in [2.45, 2.75) is 51.7 Å². The molecule has 1 N–H and O–H groups in total. The third-order valence-electron chi connectivity index (χ3n) is 3.68. The van der Waals surface area contributed by atoms with E-state index in [0.717, 1.165) is 24.2 Å². The number of benzene rings is 1. The SMILES string of the molecule is COCCN(c1ccc(Br)cc1CNC(C)(C)C)C1CC1. The average Bonchev–Trinajstić information content (AvgIpc) is 3.22. The van der Waals surface area contributed by atoms with Gasteiger partial charge in [0.25, 0.3) is 0 Å². The van der Waals surface area contributed by atoms with Crippen molar-refractivity contribution in [3.8, 4) is 0 Å². The summed E-state index contributed by atoms with van der Waals surface area (Å²) in [6.45, 7) is 9.23. The maximum absolute atomic E-state index is 5.28. The van der Waals surface area contributed by atoms with E-state index in [-0.39, 0.29) is 5.54 Å². The molecule has 3 nitrogen and oxygen atoms in total. The van der Waals surface area contributed by atoms with E-state index in [4.69, 9.17) is 4.74 Å². The van der Waals surface area contributed by atoms with Gasteiger partial charge in [0, 0.05) is 41.9 Å². The summed E-state index contributed by atoms with van der Waals surface area (Å²) in [5.74, 6) is 0. The van der Waals surface area contributed by atoms with Gasteiger partial charge in [-0.15, -0.1) is 0 Å². The van der Waals surface area contributed by atoms with Crippen molar-refractivity contribution in [1.82, 2.24) is 5.32 Å². The van der Waals surface area contributed by atoms with E-state index in [9.17, 15) is 0 Å². The molecule has 1 aliphatic carbocycles. The molecule has 2 rings (SSSR count). The van der Waals surface area contributed by atoms with Gasteiger partial charge in [-0.1, -0.05) is 15.9 Å². The summed E-state index contributed by atoms with van der Waals surface area (Å²) in [5, 5.41) is 3.60. The zero-order chi connectivity index (χ0) is 15.5. The highest BCUT2D eigenvalue weighted by Crippen LogP contribution is 2.34. The Morgan fingerprint density at radius 2 is 2.05 bits per heavy atom. The van der Waals surface area contributed by atoms with Crippen molar-refractivity contribution < 1.29 is 4.74 Å². The number of methoxy groups -OCH3 is 1. The second kappa shape index (κ2) is 7.12. The average molecular weight is 355 g/mol. The molecule has 0 amide bonds. The fourth-order valence-electron chi connectivity index (χ4n) is 2.41. The van der Waals surface area contributed by atoms with Crippen LogP contribution in [-0.4, -0.2) is 31.8 Å². The molecule has 0 radical (unpaired) electrons. The van der Waals surface area contributed by atoms with Crippen LogP contribution in [0.3, 0.4) is 0 Å². The predicted octanol–water partition coefficient (Wildman–Crippen LogP) is 3.95. The lowest BCUT2D eigenvalue weighted by Crippen LogP contribution is -2.36. The molecule has 1 saturated carbocycles. The van der Waals surface area contributed by atoms with Crippen LogP contribution in [0.15, 0.2) is 22.7 Å². The Hall–Kier alpha value is -0.580. The minimum Gasteiger partial charge on any atom is -0.383 e. The van der Waals surface area contributed by atoms with Gasteiger partial charge in [-0.2, -0.15) is 0 Å². The second-order valence-corrected chi connectivity index (χ2v) is 7.71.